The molecule has 2 atom stereocenters. The summed E-state index contributed by atoms with van der Waals surface area (Å²) in [6.45, 7) is 1.47. The second-order valence-electron chi connectivity index (χ2n) is 5.34. The van der Waals surface area contributed by atoms with Crippen LogP contribution in [0.1, 0.15) is 29.6 Å². The Balaban J connectivity index is 1.81. The topological polar surface area (TPSA) is 52.6 Å². The molecule has 2 bridgehead atoms. The highest BCUT2D eigenvalue weighted by Gasteiger charge is 2.31. The van der Waals surface area contributed by atoms with Gasteiger partial charge in [-0.25, -0.2) is 0 Å². The van der Waals surface area contributed by atoms with Crippen LogP contribution in [-0.4, -0.2) is 41.1 Å². The molecule has 2 aliphatic rings. The zero-order valence-electron chi connectivity index (χ0n) is 10.6. The van der Waals surface area contributed by atoms with E-state index in [1.54, 1.807) is 6.07 Å². The Morgan fingerprint density at radius 2 is 2.11 bits per heavy atom. The fraction of sp³-hybridized carbons (Fsp3) is 0.500. The van der Waals surface area contributed by atoms with E-state index in [1.807, 2.05) is 4.90 Å². The van der Waals surface area contributed by atoms with Crippen molar-refractivity contribution in [2.45, 2.75) is 31.3 Å². The van der Waals surface area contributed by atoms with Crippen LogP contribution in [0.3, 0.4) is 0 Å². The Morgan fingerprint density at radius 3 is 2.95 bits per heavy atom. The van der Waals surface area contributed by atoms with Gasteiger partial charge in [0, 0.05) is 25.2 Å². The van der Waals surface area contributed by atoms with Crippen molar-refractivity contribution in [2.75, 3.05) is 13.1 Å². The van der Waals surface area contributed by atoms with Gasteiger partial charge in [0.15, 0.2) is 0 Å². The second kappa shape index (κ2) is 5.02. The fourth-order valence-electron chi connectivity index (χ4n) is 2.97. The van der Waals surface area contributed by atoms with Crippen molar-refractivity contribution in [1.82, 2.24) is 10.2 Å². The van der Waals surface area contributed by atoms with Crippen molar-refractivity contribution >= 4 is 17.5 Å². The number of amides is 1. The van der Waals surface area contributed by atoms with Crippen LogP contribution in [0.5, 0.6) is 5.75 Å². The number of nitrogens with zero attached hydrogens (tertiary/aromatic N) is 1. The molecule has 19 heavy (non-hydrogen) atoms. The number of hydrogen-bond donors (Lipinski definition) is 2. The predicted molar refractivity (Wildman–Crippen MR) is 73.6 cm³/mol. The largest absolute Gasteiger partial charge is 0.508 e. The first-order chi connectivity index (χ1) is 9.13. The number of hydrogen-bond acceptors (Lipinski definition) is 3. The highest BCUT2D eigenvalue weighted by atomic mass is 35.5. The van der Waals surface area contributed by atoms with Gasteiger partial charge >= 0.3 is 0 Å². The SMILES string of the molecule is O=C(c1cc(O)ccc1Cl)N1CCC2CCC(C1)N2. The second-order valence-corrected chi connectivity index (χ2v) is 5.75. The van der Waals surface area contributed by atoms with Gasteiger partial charge in [0.2, 0.25) is 0 Å². The summed E-state index contributed by atoms with van der Waals surface area (Å²) in [7, 11) is 0. The van der Waals surface area contributed by atoms with Gasteiger partial charge in [0.05, 0.1) is 10.6 Å². The van der Waals surface area contributed by atoms with E-state index in [0.717, 1.165) is 25.9 Å². The van der Waals surface area contributed by atoms with Gasteiger partial charge in [-0.05, 0) is 37.5 Å². The van der Waals surface area contributed by atoms with E-state index >= 15 is 0 Å². The molecule has 0 spiro atoms. The number of halogens is 1. The predicted octanol–water partition coefficient (Wildman–Crippen LogP) is 2.01. The summed E-state index contributed by atoms with van der Waals surface area (Å²) in [4.78, 5) is 14.3. The lowest BCUT2D eigenvalue weighted by atomic mass is 10.1. The van der Waals surface area contributed by atoms with Gasteiger partial charge in [0.25, 0.3) is 5.91 Å². The van der Waals surface area contributed by atoms with E-state index in [0.29, 0.717) is 22.7 Å². The lowest BCUT2D eigenvalue weighted by molar-refractivity contribution is 0.0748. The number of fused-ring (bicyclic) bond motifs is 2. The number of carbonyl (C=O) groups is 1. The molecule has 1 amide bonds. The third-order valence-electron chi connectivity index (χ3n) is 3.99. The number of benzene rings is 1. The molecule has 4 nitrogen and oxygen atoms in total. The molecule has 0 saturated carbocycles. The van der Waals surface area contributed by atoms with Crippen molar-refractivity contribution in [3.05, 3.63) is 28.8 Å². The summed E-state index contributed by atoms with van der Waals surface area (Å²) in [5.74, 6) is -0.0162. The average molecular weight is 281 g/mol. The zero-order chi connectivity index (χ0) is 13.4. The first-order valence-corrected chi connectivity index (χ1v) is 7.05. The van der Waals surface area contributed by atoms with E-state index < -0.39 is 0 Å². The standard InChI is InChI=1S/C14H17ClN2O2/c15-13-4-3-11(18)7-12(13)14(19)17-6-5-9-1-2-10(8-17)16-9/h3-4,7,9-10,16,18H,1-2,5-6,8H2. The van der Waals surface area contributed by atoms with E-state index in [1.165, 1.54) is 18.6 Å². The molecule has 2 N–H and O–H groups in total. The maximum atomic E-state index is 12.5. The molecular formula is C14H17ClN2O2. The molecule has 0 radical (unpaired) electrons. The maximum Gasteiger partial charge on any atom is 0.255 e. The van der Waals surface area contributed by atoms with E-state index in [-0.39, 0.29) is 11.7 Å². The van der Waals surface area contributed by atoms with E-state index in [2.05, 4.69) is 5.32 Å². The van der Waals surface area contributed by atoms with Crippen LogP contribution in [0, 0.1) is 0 Å². The molecule has 3 rings (SSSR count). The van der Waals surface area contributed by atoms with Crippen LogP contribution in [0.25, 0.3) is 0 Å². The van der Waals surface area contributed by atoms with Crippen LogP contribution in [-0.2, 0) is 0 Å². The molecule has 1 aromatic carbocycles. The third-order valence-corrected chi connectivity index (χ3v) is 4.32. The molecule has 0 aromatic heterocycles. The van der Waals surface area contributed by atoms with Crippen LogP contribution in [0.4, 0.5) is 0 Å². The Bertz CT molecular complexity index is 506. The van der Waals surface area contributed by atoms with Crippen molar-refractivity contribution < 1.29 is 9.90 Å². The summed E-state index contributed by atoms with van der Waals surface area (Å²) in [5.41, 5.74) is 0.388. The Hall–Kier alpha value is -1.26. The minimum atomic E-state index is -0.0877. The summed E-state index contributed by atoms with van der Waals surface area (Å²) in [6, 6.07) is 5.44. The van der Waals surface area contributed by atoms with Crippen LogP contribution in [0.2, 0.25) is 5.02 Å². The first-order valence-electron chi connectivity index (χ1n) is 6.67. The van der Waals surface area contributed by atoms with Crippen LogP contribution >= 0.6 is 11.6 Å². The molecular weight excluding hydrogens is 264 g/mol. The molecule has 2 saturated heterocycles. The summed E-state index contributed by atoms with van der Waals surface area (Å²) in [5, 5.41) is 13.4. The molecule has 1 aromatic rings. The molecule has 2 unspecified atom stereocenters. The zero-order valence-corrected chi connectivity index (χ0v) is 11.4. The minimum absolute atomic E-state index is 0.0715. The van der Waals surface area contributed by atoms with E-state index in [4.69, 9.17) is 11.6 Å². The number of likely N-dealkylation sites (tertiary alicyclic amines) is 1. The molecule has 0 aliphatic carbocycles. The van der Waals surface area contributed by atoms with Gasteiger partial charge in [0.1, 0.15) is 5.75 Å². The van der Waals surface area contributed by atoms with Crippen molar-refractivity contribution in [3.8, 4) is 5.75 Å². The fourth-order valence-corrected chi connectivity index (χ4v) is 3.17. The number of phenolic OH excluding ortho intramolecular Hbond substituents is 1. The van der Waals surface area contributed by atoms with Crippen LogP contribution < -0.4 is 5.32 Å². The molecule has 2 aliphatic heterocycles. The minimum Gasteiger partial charge on any atom is -0.508 e. The number of carbonyl (C=O) groups excluding carboxylic acids is 1. The summed E-state index contributed by atoms with van der Waals surface area (Å²) >= 11 is 6.06. The van der Waals surface area contributed by atoms with E-state index in [9.17, 15) is 9.90 Å². The third kappa shape index (κ3) is 2.55. The lowest BCUT2D eigenvalue weighted by Gasteiger charge is -2.24. The van der Waals surface area contributed by atoms with Crippen molar-refractivity contribution in [2.24, 2.45) is 0 Å². The Morgan fingerprint density at radius 1 is 1.32 bits per heavy atom. The quantitative estimate of drug-likeness (QED) is 0.827. The Labute approximate surface area is 117 Å². The number of aromatic hydroxyl groups is 1. The average Bonchev–Trinajstić information content (AvgIpc) is 2.71. The van der Waals surface area contributed by atoms with Gasteiger partial charge < -0.3 is 15.3 Å². The summed E-state index contributed by atoms with van der Waals surface area (Å²) < 4.78 is 0. The maximum absolute atomic E-state index is 12.5. The lowest BCUT2D eigenvalue weighted by Crippen LogP contribution is -2.39. The van der Waals surface area contributed by atoms with Gasteiger partial charge in [-0.2, -0.15) is 0 Å². The van der Waals surface area contributed by atoms with Crippen molar-refractivity contribution in [1.29, 1.82) is 0 Å². The normalized spacial score (nSPS) is 26.3. The van der Waals surface area contributed by atoms with Gasteiger partial charge in [-0.3, -0.25) is 4.79 Å². The number of phenols is 1. The first kappa shape index (κ1) is 12.8. The smallest absolute Gasteiger partial charge is 0.255 e. The number of nitrogens with one attached hydrogen (secondary N) is 1. The highest BCUT2D eigenvalue weighted by molar-refractivity contribution is 6.33. The molecule has 2 fully saturated rings. The highest BCUT2D eigenvalue weighted by Crippen LogP contribution is 2.25. The van der Waals surface area contributed by atoms with Crippen molar-refractivity contribution in [3.63, 3.8) is 0 Å². The molecule has 5 heteroatoms. The van der Waals surface area contributed by atoms with Crippen LogP contribution in [0.15, 0.2) is 18.2 Å². The Kier molecular flexibility index (Phi) is 3.37. The summed E-state index contributed by atoms with van der Waals surface area (Å²) in [6.07, 6.45) is 3.32. The van der Waals surface area contributed by atoms with Gasteiger partial charge in [-0.15, -0.1) is 0 Å². The molecule has 2 heterocycles. The van der Waals surface area contributed by atoms with Gasteiger partial charge in [-0.1, -0.05) is 11.6 Å². The molecule has 102 valence electrons. The monoisotopic (exact) mass is 280 g/mol. The number of rotatable bonds is 1.